The second-order valence-corrected chi connectivity index (χ2v) is 12.6. The number of rotatable bonds is 7. The fraction of sp³-hybridized carbons (Fsp3) is 0.0526. The number of nitro benzene ring substituents is 1. The van der Waals surface area contributed by atoms with Crippen LogP contribution in [0.15, 0.2) is 131 Å². The summed E-state index contributed by atoms with van der Waals surface area (Å²) in [5.41, 5.74) is 6.55. The Bertz CT molecular complexity index is 2380. The van der Waals surface area contributed by atoms with Gasteiger partial charge in [-0.15, -0.1) is 0 Å². The zero-order chi connectivity index (χ0) is 34.9. The molecule has 1 aromatic heterocycles. The number of benzene rings is 5. The molecule has 0 aliphatic carbocycles. The number of para-hydroxylation sites is 1. The van der Waals surface area contributed by atoms with Crippen molar-refractivity contribution in [2.24, 2.45) is 0 Å². The average Bonchev–Trinajstić information content (AvgIpc) is 3.42. The van der Waals surface area contributed by atoms with Crippen molar-refractivity contribution in [1.29, 1.82) is 0 Å². The lowest BCUT2D eigenvalue weighted by molar-refractivity contribution is -0.384. The Morgan fingerprint density at radius 3 is 2.26 bits per heavy atom. The summed E-state index contributed by atoms with van der Waals surface area (Å²) in [7, 11) is 0. The molecule has 1 unspecified atom stereocenters. The number of fused-ring (bicyclic) bond motifs is 1. The van der Waals surface area contributed by atoms with Crippen LogP contribution >= 0.6 is 11.8 Å². The first kappa shape index (κ1) is 32.2. The molecule has 1 atom stereocenters. The minimum Gasteiger partial charge on any atom is -0.268 e. The number of hydrogen-bond acceptors (Lipinski definition) is 7. The van der Waals surface area contributed by atoms with Crippen LogP contribution in [0.5, 0.6) is 0 Å². The van der Waals surface area contributed by atoms with E-state index in [2.05, 4.69) is 5.43 Å². The average molecular weight is 684 g/mol. The molecule has 1 aliphatic heterocycles. The first-order chi connectivity index (χ1) is 24.2. The topological polar surface area (TPSA) is 127 Å². The van der Waals surface area contributed by atoms with Crippen LogP contribution in [0, 0.1) is 22.9 Å². The highest BCUT2D eigenvalue weighted by Crippen LogP contribution is 2.45. The molecule has 2 amide bonds. The van der Waals surface area contributed by atoms with Crippen LogP contribution in [-0.2, 0) is 4.79 Å². The summed E-state index contributed by atoms with van der Waals surface area (Å²) in [5.74, 6) is -1.10. The van der Waals surface area contributed by atoms with Gasteiger partial charge >= 0.3 is 0 Å². The Balaban J connectivity index is 1.20. The van der Waals surface area contributed by atoms with Gasteiger partial charge in [0.1, 0.15) is 17.0 Å². The van der Waals surface area contributed by atoms with Crippen LogP contribution in [0.1, 0.15) is 32.4 Å². The van der Waals surface area contributed by atoms with Crippen LogP contribution in [0.3, 0.4) is 0 Å². The molecule has 5 aromatic carbocycles. The smallest absolute Gasteiger partial charge is 0.268 e. The number of carbonyl (C=O) groups excluding carboxylic acids is 2. The van der Waals surface area contributed by atoms with Crippen molar-refractivity contribution < 1.29 is 18.9 Å². The fourth-order valence-corrected chi connectivity index (χ4v) is 6.74. The third kappa shape index (κ3) is 6.27. The number of aromatic nitrogens is 2. The van der Waals surface area contributed by atoms with E-state index in [-0.39, 0.29) is 21.7 Å². The quantitative estimate of drug-likeness (QED) is 0.106. The molecule has 10 nitrogen and oxygen atoms in total. The molecule has 50 heavy (non-hydrogen) atoms. The number of hydrazine groups is 1. The first-order valence-electron chi connectivity index (χ1n) is 15.4. The Morgan fingerprint density at radius 1 is 0.900 bits per heavy atom. The van der Waals surface area contributed by atoms with E-state index in [0.717, 1.165) is 22.9 Å². The number of aryl methyl sites for hydroxylation is 1. The maximum atomic E-state index is 13.8. The number of thioether (sulfide) groups is 1. The van der Waals surface area contributed by atoms with Gasteiger partial charge in [-0.1, -0.05) is 65.9 Å². The molecule has 1 aliphatic rings. The summed E-state index contributed by atoms with van der Waals surface area (Å²) >= 11 is 1.15. The lowest BCUT2D eigenvalue weighted by Gasteiger charge is -2.24. The number of hydrogen-bond donors (Lipinski definition) is 1. The van der Waals surface area contributed by atoms with E-state index in [4.69, 9.17) is 4.98 Å². The third-order valence-electron chi connectivity index (χ3n) is 8.15. The Labute approximate surface area is 288 Å². The lowest BCUT2D eigenvalue weighted by Crippen LogP contribution is -2.44. The van der Waals surface area contributed by atoms with Gasteiger partial charge in [0.25, 0.3) is 23.1 Å². The molecule has 0 saturated carbocycles. The number of amides is 2. The predicted molar refractivity (Wildman–Crippen MR) is 190 cm³/mol. The number of nitrogens with one attached hydrogen (secondary N) is 1. The molecule has 12 heteroatoms. The summed E-state index contributed by atoms with van der Waals surface area (Å²) < 4.78 is 15.3. The molecule has 6 aromatic rings. The number of halogens is 1. The van der Waals surface area contributed by atoms with Crippen molar-refractivity contribution in [2.75, 3.05) is 0 Å². The molecule has 246 valence electrons. The van der Waals surface area contributed by atoms with Gasteiger partial charge in [-0.25, -0.2) is 14.4 Å². The number of nitrogens with zero attached hydrogens (tertiary/aromatic N) is 4. The maximum absolute atomic E-state index is 13.8. The van der Waals surface area contributed by atoms with E-state index in [0.29, 0.717) is 33.5 Å². The minimum absolute atomic E-state index is 0.0882. The zero-order valence-electron chi connectivity index (χ0n) is 26.3. The second kappa shape index (κ2) is 13.2. The van der Waals surface area contributed by atoms with E-state index in [9.17, 15) is 28.9 Å². The van der Waals surface area contributed by atoms with E-state index < -0.39 is 27.9 Å². The summed E-state index contributed by atoms with van der Waals surface area (Å²) in [6.07, 6.45) is 1.58. The van der Waals surface area contributed by atoms with Crippen molar-refractivity contribution in [2.45, 2.75) is 12.3 Å². The van der Waals surface area contributed by atoms with Gasteiger partial charge in [-0.2, -0.15) is 0 Å². The van der Waals surface area contributed by atoms with Crippen molar-refractivity contribution in [3.05, 3.63) is 175 Å². The largest absolute Gasteiger partial charge is 0.280 e. The molecule has 1 saturated heterocycles. The highest BCUT2D eigenvalue weighted by Gasteiger charge is 2.39. The van der Waals surface area contributed by atoms with Crippen LogP contribution in [0.4, 0.5) is 10.1 Å². The second-order valence-electron chi connectivity index (χ2n) is 11.5. The SMILES string of the molecule is Cc1ccc(-c2nc3ccccc3c(=O)n2-c2ccc(C(=O)NN3C(=O)/C(=C/c4ccc([N+](=O)[O-])cc4)SC3c3ccc(F)cc3)cc2)cc1. The highest BCUT2D eigenvalue weighted by molar-refractivity contribution is 8.04. The van der Waals surface area contributed by atoms with Crippen LogP contribution in [0.2, 0.25) is 0 Å². The molecular formula is C38H26FN5O5S. The van der Waals surface area contributed by atoms with Gasteiger partial charge < -0.3 is 0 Å². The van der Waals surface area contributed by atoms with E-state index in [1.807, 2.05) is 37.3 Å². The standard InChI is InChI=1S/C38H26FN5O5S/c1-23-6-10-25(11-7-23)34-40-32-5-3-2-4-31(32)36(46)42(34)29-20-14-26(15-21-29)35(45)41-43-37(47)33(22-24-8-18-30(19-9-24)44(48)49)50-38(43)27-12-16-28(39)17-13-27/h2-22,38H,1H3,(H,41,45)/b33-22-. The van der Waals surface area contributed by atoms with E-state index in [1.165, 1.54) is 58.1 Å². The molecule has 1 fully saturated rings. The number of nitro groups is 1. The van der Waals surface area contributed by atoms with Gasteiger partial charge in [0.2, 0.25) is 0 Å². The molecule has 7 rings (SSSR count). The van der Waals surface area contributed by atoms with Gasteiger partial charge in [-0.05, 0) is 84.8 Å². The summed E-state index contributed by atoms with van der Waals surface area (Å²) in [6, 6.07) is 32.5. The van der Waals surface area contributed by atoms with Crippen LogP contribution in [0.25, 0.3) is 34.1 Å². The van der Waals surface area contributed by atoms with E-state index >= 15 is 0 Å². The number of non-ortho nitro benzene ring substituents is 1. The molecule has 0 bridgehead atoms. The predicted octanol–water partition coefficient (Wildman–Crippen LogP) is 7.37. The summed E-state index contributed by atoms with van der Waals surface area (Å²) in [6.45, 7) is 1.97. The van der Waals surface area contributed by atoms with Gasteiger partial charge in [-0.3, -0.25) is 34.5 Å². The first-order valence-corrected chi connectivity index (χ1v) is 16.3. The molecular weight excluding hydrogens is 658 g/mol. The van der Waals surface area contributed by atoms with E-state index in [1.54, 1.807) is 48.5 Å². The minimum atomic E-state index is -0.727. The maximum Gasteiger partial charge on any atom is 0.280 e. The Morgan fingerprint density at radius 2 is 1.58 bits per heavy atom. The van der Waals surface area contributed by atoms with Crippen molar-refractivity contribution >= 4 is 46.2 Å². The van der Waals surface area contributed by atoms with Crippen molar-refractivity contribution in [3.63, 3.8) is 0 Å². The molecule has 1 N–H and O–H groups in total. The molecule has 2 heterocycles. The summed E-state index contributed by atoms with van der Waals surface area (Å²) in [5, 5.41) is 12.0. The fourth-order valence-electron chi connectivity index (χ4n) is 5.55. The van der Waals surface area contributed by atoms with Crippen LogP contribution in [-0.4, -0.2) is 31.3 Å². The Kier molecular flexibility index (Phi) is 8.52. The van der Waals surface area contributed by atoms with Gasteiger partial charge in [0, 0.05) is 23.3 Å². The summed E-state index contributed by atoms with van der Waals surface area (Å²) in [4.78, 5) is 56.8. The number of carbonyl (C=O) groups is 2. The van der Waals surface area contributed by atoms with Crippen LogP contribution < -0.4 is 11.0 Å². The zero-order valence-corrected chi connectivity index (χ0v) is 27.1. The Hall–Kier alpha value is -6.40. The lowest BCUT2D eigenvalue weighted by atomic mass is 10.1. The van der Waals surface area contributed by atoms with Gasteiger partial charge in [0.15, 0.2) is 0 Å². The van der Waals surface area contributed by atoms with Gasteiger partial charge in [0.05, 0.1) is 26.4 Å². The monoisotopic (exact) mass is 683 g/mol. The normalized spacial score (nSPS) is 15.1. The molecule has 0 radical (unpaired) electrons. The molecule has 0 spiro atoms. The third-order valence-corrected chi connectivity index (χ3v) is 9.41. The van der Waals surface area contributed by atoms with Crippen molar-refractivity contribution in [3.8, 4) is 17.1 Å². The highest BCUT2D eigenvalue weighted by atomic mass is 32.2. The van der Waals surface area contributed by atoms with Crippen molar-refractivity contribution in [1.82, 2.24) is 20.0 Å².